The molecule has 1 amide bonds. The van der Waals surface area contributed by atoms with Crippen molar-refractivity contribution in [1.29, 1.82) is 0 Å². The Labute approximate surface area is 165 Å². The molecule has 150 valence electrons. The van der Waals surface area contributed by atoms with E-state index in [0.29, 0.717) is 41.1 Å². The molecule has 2 aromatic rings. The van der Waals surface area contributed by atoms with Gasteiger partial charge < -0.3 is 20.4 Å². The number of carbonyl (C=O) groups excluding carboxylic acids is 1. The van der Waals surface area contributed by atoms with E-state index < -0.39 is 11.9 Å². The fraction of sp³-hybridized carbons (Fsp3) is 0.350. The van der Waals surface area contributed by atoms with Gasteiger partial charge in [-0.1, -0.05) is 11.2 Å². The SMILES string of the molecule is NC[C@@H]1OC(=O)N2c3cc(F)c(-c4ccc(C5=NO[C@H](CO)C5)nc4)cc3C[C@@H]12. The number of aliphatic hydroxyl groups excluding tert-OH is 1. The molecular formula is C20H19FN4O4. The zero-order valence-corrected chi connectivity index (χ0v) is 15.4. The average Bonchev–Trinajstić information content (AvgIpc) is 3.43. The number of anilines is 1. The van der Waals surface area contributed by atoms with Crippen LogP contribution < -0.4 is 10.6 Å². The molecule has 1 aromatic heterocycles. The number of nitrogens with two attached hydrogens (primary N) is 1. The number of hydrogen-bond acceptors (Lipinski definition) is 7. The number of cyclic esters (lactones) is 1. The van der Waals surface area contributed by atoms with E-state index >= 15 is 0 Å². The monoisotopic (exact) mass is 398 g/mol. The number of hydrogen-bond donors (Lipinski definition) is 2. The van der Waals surface area contributed by atoms with Crippen LogP contribution in [0, 0.1) is 5.82 Å². The molecule has 0 saturated carbocycles. The molecule has 1 fully saturated rings. The maximum Gasteiger partial charge on any atom is 0.415 e. The fourth-order valence-corrected chi connectivity index (χ4v) is 4.11. The number of amides is 1. The number of aromatic nitrogens is 1. The van der Waals surface area contributed by atoms with Crippen LogP contribution in [-0.2, 0) is 16.0 Å². The highest BCUT2D eigenvalue weighted by atomic mass is 19.1. The van der Waals surface area contributed by atoms with Crippen LogP contribution in [0.5, 0.6) is 0 Å². The van der Waals surface area contributed by atoms with E-state index in [1.807, 2.05) is 0 Å². The molecule has 3 atom stereocenters. The summed E-state index contributed by atoms with van der Waals surface area (Å²) in [7, 11) is 0. The number of oxime groups is 1. The number of nitrogens with zero attached hydrogens (tertiary/aromatic N) is 3. The highest BCUT2D eigenvalue weighted by molar-refractivity contribution is 6.00. The second-order valence-corrected chi connectivity index (χ2v) is 7.34. The molecule has 0 radical (unpaired) electrons. The van der Waals surface area contributed by atoms with Gasteiger partial charge in [-0.15, -0.1) is 0 Å². The Morgan fingerprint density at radius 2 is 2.17 bits per heavy atom. The van der Waals surface area contributed by atoms with Crippen LogP contribution >= 0.6 is 0 Å². The number of ether oxygens (including phenoxy) is 1. The molecule has 3 aliphatic heterocycles. The quantitative estimate of drug-likeness (QED) is 0.809. The van der Waals surface area contributed by atoms with Gasteiger partial charge in [-0.05, 0) is 30.2 Å². The van der Waals surface area contributed by atoms with Crippen LogP contribution in [0.25, 0.3) is 11.1 Å². The van der Waals surface area contributed by atoms with Gasteiger partial charge in [-0.25, -0.2) is 9.18 Å². The molecule has 4 heterocycles. The molecule has 1 saturated heterocycles. The number of rotatable bonds is 4. The van der Waals surface area contributed by atoms with Crippen molar-refractivity contribution in [3.05, 3.63) is 47.5 Å². The van der Waals surface area contributed by atoms with Crippen molar-refractivity contribution >= 4 is 17.5 Å². The molecule has 0 aliphatic carbocycles. The molecule has 8 nitrogen and oxygen atoms in total. The van der Waals surface area contributed by atoms with Crippen molar-refractivity contribution in [2.24, 2.45) is 10.9 Å². The van der Waals surface area contributed by atoms with E-state index in [-0.39, 0.29) is 31.4 Å². The Morgan fingerprint density at radius 1 is 1.31 bits per heavy atom. The Balaban J connectivity index is 1.44. The van der Waals surface area contributed by atoms with E-state index in [1.54, 1.807) is 24.4 Å². The van der Waals surface area contributed by atoms with Gasteiger partial charge in [0.05, 0.1) is 24.0 Å². The van der Waals surface area contributed by atoms with Crippen LogP contribution in [-0.4, -0.2) is 53.3 Å². The van der Waals surface area contributed by atoms with Crippen molar-refractivity contribution < 1.29 is 23.9 Å². The summed E-state index contributed by atoms with van der Waals surface area (Å²) in [6.45, 7) is 0.119. The molecule has 3 aliphatic rings. The third-order valence-electron chi connectivity index (χ3n) is 5.61. The number of carbonyl (C=O) groups is 1. The maximum absolute atomic E-state index is 14.9. The van der Waals surface area contributed by atoms with Gasteiger partial charge in [0, 0.05) is 30.3 Å². The van der Waals surface area contributed by atoms with Crippen LogP contribution in [0.2, 0.25) is 0 Å². The minimum Gasteiger partial charge on any atom is -0.442 e. The van der Waals surface area contributed by atoms with Gasteiger partial charge in [0.15, 0.2) is 6.10 Å². The standard InChI is InChI=1S/C20H19FN4O4/c21-14-6-17-11(4-18-19(7-22)28-20(27)25(17)18)3-13(14)10-1-2-15(23-8-10)16-5-12(9-26)29-24-16/h1-3,6,8,12,18-19,26H,4-5,7,9,22H2/t12-,18-,19-/m0/s1. The summed E-state index contributed by atoms with van der Waals surface area (Å²) in [5.74, 6) is -0.440. The molecule has 0 spiro atoms. The van der Waals surface area contributed by atoms with Gasteiger partial charge in [-0.2, -0.15) is 0 Å². The summed E-state index contributed by atoms with van der Waals surface area (Å²) in [4.78, 5) is 23.1. The number of benzene rings is 1. The molecule has 1 aromatic carbocycles. The summed E-state index contributed by atoms with van der Waals surface area (Å²) in [5.41, 5.74) is 9.43. The van der Waals surface area contributed by atoms with E-state index in [1.165, 1.54) is 11.0 Å². The molecule has 29 heavy (non-hydrogen) atoms. The van der Waals surface area contributed by atoms with Gasteiger partial charge >= 0.3 is 6.09 Å². The van der Waals surface area contributed by atoms with E-state index in [9.17, 15) is 9.18 Å². The second kappa shape index (κ2) is 6.78. The Hall–Kier alpha value is -3.04. The molecule has 0 bridgehead atoms. The van der Waals surface area contributed by atoms with Crippen molar-refractivity contribution in [3.63, 3.8) is 0 Å². The lowest BCUT2D eigenvalue weighted by atomic mass is 9.99. The highest BCUT2D eigenvalue weighted by Crippen LogP contribution is 2.41. The maximum atomic E-state index is 14.9. The highest BCUT2D eigenvalue weighted by Gasteiger charge is 2.47. The first-order chi connectivity index (χ1) is 14.1. The topological polar surface area (TPSA) is 110 Å². The van der Waals surface area contributed by atoms with Gasteiger partial charge in [0.1, 0.15) is 17.6 Å². The van der Waals surface area contributed by atoms with E-state index in [2.05, 4.69) is 10.1 Å². The van der Waals surface area contributed by atoms with E-state index in [0.717, 1.165) is 5.56 Å². The fourth-order valence-electron chi connectivity index (χ4n) is 4.11. The Kier molecular flexibility index (Phi) is 4.21. The van der Waals surface area contributed by atoms with Crippen LogP contribution in [0.3, 0.4) is 0 Å². The molecule has 5 rings (SSSR count). The molecule has 3 N–H and O–H groups in total. The minimum absolute atomic E-state index is 0.109. The van der Waals surface area contributed by atoms with Crippen molar-refractivity contribution in [1.82, 2.24) is 4.98 Å². The van der Waals surface area contributed by atoms with Gasteiger partial charge in [-0.3, -0.25) is 9.88 Å². The largest absolute Gasteiger partial charge is 0.442 e. The van der Waals surface area contributed by atoms with Crippen LogP contribution in [0.1, 0.15) is 17.7 Å². The van der Waals surface area contributed by atoms with Crippen molar-refractivity contribution in [2.45, 2.75) is 31.1 Å². The number of halogens is 1. The summed E-state index contributed by atoms with van der Waals surface area (Å²) < 4.78 is 20.1. The van der Waals surface area contributed by atoms with Crippen molar-refractivity contribution in [3.8, 4) is 11.1 Å². The van der Waals surface area contributed by atoms with Crippen molar-refractivity contribution in [2.75, 3.05) is 18.1 Å². The average molecular weight is 398 g/mol. The predicted octanol–water partition coefficient (Wildman–Crippen LogP) is 1.58. The summed E-state index contributed by atoms with van der Waals surface area (Å²) >= 11 is 0. The first-order valence-corrected chi connectivity index (χ1v) is 9.41. The molecule has 9 heteroatoms. The van der Waals surface area contributed by atoms with Crippen LogP contribution in [0.15, 0.2) is 35.6 Å². The number of aliphatic hydroxyl groups is 1. The smallest absolute Gasteiger partial charge is 0.415 e. The normalized spacial score (nSPS) is 24.8. The Morgan fingerprint density at radius 3 is 2.86 bits per heavy atom. The lowest BCUT2D eigenvalue weighted by Gasteiger charge is -2.15. The lowest BCUT2D eigenvalue weighted by Crippen LogP contribution is -2.37. The summed E-state index contributed by atoms with van der Waals surface area (Å²) in [5, 5.41) is 13.1. The first-order valence-electron chi connectivity index (χ1n) is 9.41. The number of fused-ring (bicyclic) bond motifs is 3. The second-order valence-electron chi connectivity index (χ2n) is 7.34. The first kappa shape index (κ1) is 18.0. The molecule has 0 unspecified atom stereocenters. The third kappa shape index (κ3) is 2.85. The number of pyridine rings is 1. The van der Waals surface area contributed by atoms with Gasteiger partial charge in [0.25, 0.3) is 0 Å². The zero-order valence-electron chi connectivity index (χ0n) is 15.4. The predicted molar refractivity (Wildman–Crippen MR) is 102 cm³/mol. The third-order valence-corrected chi connectivity index (χ3v) is 5.61. The zero-order chi connectivity index (χ0) is 20.1. The van der Waals surface area contributed by atoms with Crippen LogP contribution in [0.4, 0.5) is 14.9 Å². The summed E-state index contributed by atoms with van der Waals surface area (Å²) in [6, 6.07) is 6.47. The Bertz CT molecular complexity index is 1010. The lowest BCUT2D eigenvalue weighted by molar-refractivity contribution is 0.0390. The summed E-state index contributed by atoms with van der Waals surface area (Å²) in [6.07, 6.45) is 1.41. The minimum atomic E-state index is -0.483. The van der Waals surface area contributed by atoms with E-state index in [4.69, 9.17) is 20.4 Å². The van der Waals surface area contributed by atoms with Gasteiger partial charge in [0.2, 0.25) is 0 Å². The molecular weight excluding hydrogens is 379 g/mol.